The molecule has 4 heteroatoms. The number of aromatic amines is 1. The second-order valence-electron chi connectivity index (χ2n) is 6.29. The lowest BCUT2D eigenvalue weighted by Crippen LogP contribution is -2.40. The Balaban J connectivity index is 1.93. The molecule has 1 aliphatic heterocycles. The number of rotatable bonds is 2. The summed E-state index contributed by atoms with van der Waals surface area (Å²) in [4.78, 5) is 18.0. The number of nitrogens with one attached hydrogen (secondary N) is 1. The summed E-state index contributed by atoms with van der Waals surface area (Å²) in [6, 6.07) is 5.95. The van der Waals surface area contributed by atoms with Gasteiger partial charge in [0.15, 0.2) is 0 Å². The third kappa shape index (κ3) is 2.44. The molecule has 1 aromatic carbocycles. The molecule has 1 N–H and O–H groups in total. The van der Waals surface area contributed by atoms with E-state index in [-0.39, 0.29) is 11.8 Å². The Kier molecular flexibility index (Phi) is 3.70. The fourth-order valence-corrected chi connectivity index (χ4v) is 3.19. The first-order chi connectivity index (χ1) is 9.99. The summed E-state index contributed by atoms with van der Waals surface area (Å²) in [6.45, 7) is 7.69. The first-order valence-electron chi connectivity index (χ1n) is 7.55. The number of amides is 1. The third-order valence-electron chi connectivity index (χ3n) is 4.66. The van der Waals surface area contributed by atoms with Crippen LogP contribution in [0, 0.1) is 11.8 Å². The SMILES string of the molecule is CC(C)C(C)C(=O)N1CCc2[nH]c3c(Cl)cccc3c2C1. The van der Waals surface area contributed by atoms with Crippen molar-refractivity contribution in [1.29, 1.82) is 0 Å². The number of carbonyl (C=O) groups excluding carboxylic acids is 1. The predicted octanol–water partition coefficient (Wildman–Crippen LogP) is 4.00. The minimum atomic E-state index is 0.0698. The van der Waals surface area contributed by atoms with Gasteiger partial charge in [-0.3, -0.25) is 4.79 Å². The molecule has 3 nitrogen and oxygen atoms in total. The van der Waals surface area contributed by atoms with Crippen LogP contribution in [0.1, 0.15) is 32.0 Å². The molecule has 1 amide bonds. The number of nitrogens with zero attached hydrogens (tertiary/aromatic N) is 1. The molecule has 1 aromatic heterocycles. The van der Waals surface area contributed by atoms with Gasteiger partial charge in [0, 0.05) is 42.1 Å². The van der Waals surface area contributed by atoms with Gasteiger partial charge in [-0.25, -0.2) is 0 Å². The molecule has 0 bridgehead atoms. The molecule has 0 aliphatic carbocycles. The lowest BCUT2D eigenvalue weighted by Gasteiger charge is -2.30. The summed E-state index contributed by atoms with van der Waals surface area (Å²) < 4.78 is 0. The number of carbonyl (C=O) groups is 1. The van der Waals surface area contributed by atoms with Gasteiger partial charge in [0.1, 0.15) is 0 Å². The Labute approximate surface area is 130 Å². The smallest absolute Gasteiger partial charge is 0.225 e. The summed E-state index contributed by atoms with van der Waals surface area (Å²) in [5, 5.41) is 1.89. The summed E-state index contributed by atoms with van der Waals surface area (Å²) in [6.07, 6.45) is 0.872. The largest absolute Gasteiger partial charge is 0.357 e. The van der Waals surface area contributed by atoms with Crippen LogP contribution in [-0.4, -0.2) is 22.3 Å². The van der Waals surface area contributed by atoms with Crippen molar-refractivity contribution in [3.8, 4) is 0 Å². The van der Waals surface area contributed by atoms with Gasteiger partial charge in [0.05, 0.1) is 10.5 Å². The summed E-state index contributed by atoms with van der Waals surface area (Å²) in [5.74, 6) is 0.698. The summed E-state index contributed by atoms with van der Waals surface area (Å²) >= 11 is 6.26. The number of fused-ring (bicyclic) bond motifs is 3. The van der Waals surface area contributed by atoms with Gasteiger partial charge < -0.3 is 9.88 Å². The van der Waals surface area contributed by atoms with Crippen LogP contribution < -0.4 is 0 Å². The van der Waals surface area contributed by atoms with Crippen LogP contribution in [0.3, 0.4) is 0 Å². The van der Waals surface area contributed by atoms with Crippen LogP contribution in [0.4, 0.5) is 0 Å². The van der Waals surface area contributed by atoms with E-state index in [9.17, 15) is 4.79 Å². The molecule has 1 atom stereocenters. The third-order valence-corrected chi connectivity index (χ3v) is 4.98. The maximum atomic E-state index is 12.6. The molecule has 2 heterocycles. The molecule has 0 saturated carbocycles. The van der Waals surface area contributed by atoms with Gasteiger partial charge in [0.25, 0.3) is 0 Å². The first kappa shape index (κ1) is 14.5. The summed E-state index contributed by atoms with van der Waals surface area (Å²) in [5.41, 5.74) is 3.44. The molecule has 0 spiro atoms. The molecule has 112 valence electrons. The van der Waals surface area contributed by atoms with Crippen molar-refractivity contribution in [1.82, 2.24) is 9.88 Å². The average molecular weight is 305 g/mol. The lowest BCUT2D eigenvalue weighted by molar-refractivity contribution is -0.137. The number of para-hydroxylation sites is 1. The molecule has 0 saturated heterocycles. The van der Waals surface area contributed by atoms with Crippen molar-refractivity contribution in [2.75, 3.05) is 6.54 Å². The van der Waals surface area contributed by atoms with Gasteiger partial charge in [-0.2, -0.15) is 0 Å². The van der Waals surface area contributed by atoms with Crippen LogP contribution in [0.2, 0.25) is 5.02 Å². The van der Waals surface area contributed by atoms with Gasteiger partial charge in [-0.15, -0.1) is 0 Å². The number of aromatic nitrogens is 1. The molecular weight excluding hydrogens is 284 g/mol. The first-order valence-corrected chi connectivity index (χ1v) is 7.93. The minimum Gasteiger partial charge on any atom is -0.357 e. The normalized spacial score (nSPS) is 16.3. The Bertz CT molecular complexity index is 689. The van der Waals surface area contributed by atoms with Crippen LogP contribution in [-0.2, 0) is 17.8 Å². The van der Waals surface area contributed by atoms with E-state index in [1.54, 1.807) is 0 Å². The highest BCUT2D eigenvalue weighted by molar-refractivity contribution is 6.35. The van der Waals surface area contributed by atoms with E-state index in [1.807, 2.05) is 24.0 Å². The number of hydrogen-bond acceptors (Lipinski definition) is 1. The van der Waals surface area contributed by atoms with E-state index < -0.39 is 0 Å². The lowest BCUT2D eigenvalue weighted by atomic mass is 9.95. The Morgan fingerprint density at radius 1 is 1.33 bits per heavy atom. The average Bonchev–Trinajstić information content (AvgIpc) is 2.85. The van der Waals surface area contributed by atoms with Gasteiger partial charge in [0.2, 0.25) is 5.91 Å². The van der Waals surface area contributed by atoms with E-state index in [0.717, 1.165) is 28.9 Å². The molecule has 2 aromatic rings. The van der Waals surface area contributed by atoms with Gasteiger partial charge in [-0.1, -0.05) is 44.5 Å². The van der Waals surface area contributed by atoms with Crippen molar-refractivity contribution in [3.63, 3.8) is 0 Å². The Hall–Kier alpha value is -1.48. The monoisotopic (exact) mass is 304 g/mol. The van der Waals surface area contributed by atoms with Crippen LogP contribution in [0.5, 0.6) is 0 Å². The van der Waals surface area contributed by atoms with E-state index in [0.29, 0.717) is 12.5 Å². The molecule has 3 rings (SSSR count). The molecule has 1 unspecified atom stereocenters. The van der Waals surface area contributed by atoms with Crippen LogP contribution in [0.25, 0.3) is 10.9 Å². The predicted molar refractivity (Wildman–Crippen MR) is 86.4 cm³/mol. The van der Waals surface area contributed by atoms with E-state index in [1.165, 1.54) is 11.3 Å². The Morgan fingerprint density at radius 2 is 2.10 bits per heavy atom. The minimum absolute atomic E-state index is 0.0698. The molecule has 0 radical (unpaired) electrons. The maximum absolute atomic E-state index is 12.6. The zero-order chi connectivity index (χ0) is 15.1. The Morgan fingerprint density at radius 3 is 2.81 bits per heavy atom. The highest BCUT2D eigenvalue weighted by atomic mass is 35.5. The van der Waals surface area contributed by atoms with Crippen molar-refractivity contribution >= 4 is 28.4 Å². The fraction of sp³-hybridized carbons (Fsp3) is 0.471. The molecule has 1 aliphatic rings. The van der Waals surface area contributed by atoms with E-state index >= 15 is 0 Å². The van der Waals surface area contributed by atoms with E-state index in [2.05, 4.69) is 24.9 Å². The zero-order valence-electron chi connectivity index (χ0n) is 12.7. The fourth-order valence-electron chi connectivity index (χ4n) is 2.96. The molecular formula is C17H21ClN2O. The van der Waals surface area contributed by atoms with Crippen molar-refractivity contribution in [2.24, 2.45) is 11.8 Å². The van der Waals surface area contributed by atoms with Crippen LogP contribution >= 0.6 is 11.6 Å². The number of halogens is 1. The standard InChI is InChI=1S/C17H21ClN2O/c1-10(2)11(3)17(21)20-8-7-15-13(9-20)12-5-4-6-14(18)16(12)19-15/h4-6,10-11,19H,7-9H2,1-3H3. The van der Waals surface area contributed by atoms with E-state index in [4.69, 9.17) is 11.6 Å². The molecule has 21 heavy (non-hydrogen) atoms. The van der Waals surface area contributed by atoms with Crippen molar-refractivity contribution < 1.29 is 4.79 Å². The quantitative estimate of drug-likeness (QED) is 0.894. The second kappa shape index (κ2) is 5.38. The van der Waals surface area contributed by atoms with Gasteiger partial charge in [-0.05, 0) is 12.0 Å². The number of hydrogen-bond donors (Lipinski definition) is 1. The summed E-state index contributed by atoms with van der Waals surface area (Å²) in [7, 11) is 0. The highest BCUT2D eigenvalue weighted by Gasteiger charge is 2.28. The number of H-pyrrole nitrogens is 1. The maximum Gasteiger partial charge on any atom is 0.225 e. The highest BCUT2D eigenvalue weighted by Crippen LogP contribution is 2.32. The van der Waals surface area contributed by atoms with Gasteiger partial charge >= 0.3 is 0 Å². The zero-order valence-corrected chi connectivity index (χ0v) is 13.5. The second-order valence-corrected chi connectivity index (χ2v) is 6.69. The van der Waals surface area contributed by atoms with Crippen molar-refractivity contribution in [3.05, 3.63) is 34.5 Å². The van der Waals surface area contributed by atoms with Crippen LogP contribution in [0.15, 0.2) is 18.2 Å². The molecule has 0 fully saturated rings. The topological polar surface area (TPSA) is 36.1 Å². The number of benzene rings is 1. The van der Waals surface area contributed by atoms with Crippen molar-refractivity contribution in [2.45, 2.75) is 33.7 Å².